The number of halogens is 2. The van der Waals surface area contributed by atoms with Crippen LogP contribution in [0.2, 0.25) is 0 Å². The molecule has 1 aliphatic rings. The van der Waals surface area contributed by atoms with E-state index in [4.69, 9.17) is 5.11 Å². The molecule has 2 rings (SSSR count). The Kier molecular flexibility index (Phi) is 4.03. The molecular weight excluding hydrogens is 304 g/mol. The Hall–Kier alpha value is -1.54. The zero-order valence-corrected chi connectivity index (χ0v) is 12.2. The van der Waals surface area contributed by atoms with Crippen molar-refractivity contribution in [2.45, 2.75) is 24.7 Å². The fourth-order valence-electron chi connectivity index (χ4n) is 2.25. The van der Waals surface area contributed by atoms with Crippen LogP contribution in [-0.4, -0.2) is 36.9 Å². The molecule has 0 amide bonds. The van der Waals surface area contributed by atoms with Gasteiger partial charge < -0.3 is 5.11 Å². The van der Waals surface area contributed by atoms with E-state index in [-0.39, 0.29) is 25.9 Å². The number of carboxylic acids is 1. The van der Waals surface area contributed by atoms with Crippen LogP contribution < -0.4 is 0 Å². The third-order valence-electron chi connectivity index (χ3n) is 3.85. The van der Waals surface area contributed by atoms with Crippen LogP contribution in [-0.2, 0) is 14.8 Å². The highest BCUT2D eigenvalue weighted by molar-refractivity contribution is 7.89. The molecule has 0 spiro atoms. The number of carboxylic acid groups (broad SMARTS) is 1. The molecule has 0 aliphatic carbocycles. The maximum Gasteiger partial charge on any atom is 0.309 e. The predicted molar refractivity (Wildman–Crippen MR) is 70.1 cm³/mol. The summed E-state index contributed by atoms with van der Waals surface area (Å²) in [4.78, 5) is 10.4. The Bertz CT molecular complexity index is 667. The largest absolute Gasteiger partial charge is 0.481 e. The van der Waals surface area contributed by atoms with Gasteiger partial charge in [0.05, 0.1) is 5.41 Å². The van der Waals surface area contributed by atoms with Crippen molar-refractivity contribution in [3.63, 3.8) is 0 Å². The number of rotatable bonds is 3. The molecule has 1 heterocycles. The van der Waals surface area contributed by atoms with Gasteiger partial charge in [-0.25, -0.2) is 17.2 Å². The van der Waals surface area contributed by atoms with Crippen LogP contribution in [0.4, 0.5) is 8.78 Å². The van der Waals surface area contributed by atoms with Crippen LogP contribution in [0.15, 0.2) is 23.1 Å². The Balaban J connectivity index is 2.27. The van der Waals surface area contributed by atoms with E-state index < -0.39 is 37.9 Å². The minimum atomic E-state index is -4.17. The van der Waals surface area contributed by atoms with Crippen molar-refractivity contribution >= 4 is 16.0 Å². The third-order valence-corrected chi connectivity index (χ3v) is 5.77. The summed E-state index contributed by atoms with van der Waals surface area (Å²) in [6.45, 7) is 1.46. The SMILES string of the molecule is CC1(C(=O)O)CCN(S(=O)(=O)c2cc(F)ccc2F)CC1. The molecule has 1 N–H and O–H groups in total. The van der Waals surface area contributed by atoms with Crippen molar-refractivity contribution in [2.75, 3.05) is 13.1 Å². The Morgan fingerprint density at radius 3 is 2.38 bits per heavy atom. The van der Waals surface area contributed by atoms with Gasteiger partial charge in [-0.15, -0.1) is 0 Å². The first kappa shape index (κ1) is 15.8. The van der Waals surface area contributed by atoms with E-state index in [9.17, 15) is 22.0 Å². The predicted octanol–water partition coefficient (Wildman–Crippen LogP) is 1.84. The minimum absolute atomic E-state index is 0.0406. The number of carbonyl (C=O) groups is 1. The van der Waals surface area contributed by atoms with Crippen molar-refractivity contribution in [1.29, 1.82) is 0 Å². The summed E-state index contributed by atoms with van der Waals surface area (Å²) in [5.74, 6) is -2.86. The van der Waals surface area contributed by atoms with E-state index in [0.717, 1.165) is 16.4 Å². The average Bonchev–Trinajstić information content (AvgIpc) is 2.41. The second-order valence-corrected chi connectivity index (χ2v) is 7.25. The Morgan fingerprint density at radius 2 is 1.86 bits per heavy atom. The smallest absolute Gasteiger partial charge is 0.309 e. The number of nitrogens with zero attached hydrogens (tertiary/aromatic N) is 1. The van der Waals surface area contributed by atoms with Gasteiger partial charge in [0, 0.05) is 13.1 Å². The second-order valence-electron chi connectivity index (χ2n) is 5.34. The topological polar surface area (TPSA) is 74.7 Å². The summed E-state index contributed by atoms with van der Waals surface area (Å²) >= 11 is 0. The molecule has 0 bridgehead atoms. The van der Waals surface area contributed by atoms with Crippen molar-refractivity contribution < 1.29 is 27.1 Å². The highest BCUT2D eigenvalue weighted by Gasteiger charge is 2.40. The monoisotopic (exact) mass is 319 g/mol. The number of piperidine rings is 1. The van der Waals surface area contributed by atoms with Gasteiger partial charge in [0.25, 0.3) is 0 Å². The van der Waals surface area contributed by atoms with E-state index in [2.05, 4.69) is 0 Å². The fraction of sp³-hybridized carbons (Fsp3) is 0.462. The number of hydrogen-bond acceptors (Lipinski definition) is 3. The highest BCUT2D eigenvalue weighted by Crippen LogP contribution is 2.33. The molecule has 0 atom stereocenters. The molecule has 21 heavy (non-hydrogen) atoms. The Morgan fingerprint density at radius 1 is 1.29 bits per heavy atom. The first-order chi connectivity index (χ1) is 9.67. The minimum Gasteiger partial charge on any atom is -0.481 e. The number of benzene rings is 1. The molecule has 116 valence electrons. The van der Waals surface area contributed by atoms with Crippen molar-refractivity contribution in [1.82, 2.24) is 4.31 Å². The van der Waals surface area contributed by atoms with Crippen LogP contribution in [0.3, 0.4) is 0 Å². The standard InChI is InChI=1S/C13H15F2NO4S/c1-13(12(17)18)4-6-16(7-5-13)21(19,20)11-8-9(14)2-3-10(11)15/h2-3,8H,4-7H2,1H3,(H,17,18). The highest BCUT2D eigenvalue weighted by atomic mass is 32.2. The number of hydrogen-bond donors (Lipinski definition) is 1. The van der Waals surface area contributed by atoms with Crippen LogP contribution in [0.25, 0.3) is 0 Å². The molecule has 0 radical (unpaired) electrons. The molecule has 1 fully saturated rings. The van der Waals surface area contributed by atoms with Gasteiger partial charge in [0.2, 0.25) is 10.0 Å². The maximum absolute atomic E-state index is 13.6. The lowest BCUT2D eigenvalue weighted by Gasteiger charge is -2.35. The number of sulfonamides is 1. The van der Waals surface area contributed by atoms with Crippen molar-refractivity contribution in [2.24, 2.45) is 5.41 Å². The molecule has 5 nitrogen and oxygen atoms in total. The molecule has 1 aliphatic heterocycles. The lowest BCUT2D eigenvalue weighted by molar-refractivity contribution is -0.150. The summed E-state index contributed by atoms with van der Waals surface area (Å²) in [7, 11) is -4.17. The van der Waals surface area contributed by atoms with Crippen LogP contribution in [0.1, 0.15) is 19.8 Å². The summed E-state index contributed by atoms with van der Waals surface area (Å²) < 4.78 is 52.4. The van der Waals surface area contributed by atoms with Gasteiger partial charge in [-0.3, -0.25) is 4.79 Å². The van der Waals surface area contributed by atoms with Crippen LogP contribution in [0, 0.1) is 17.0 Å². The molecule has 0 saturated carbocycles. The van der Waals surface area contributed by atoms with E-state index in [1.165, 1.54) is 0 Å². The number of aliphatic carboxylic acids is 1. The molecule has 1 aromatic rings. The molecule has 0 aromatic heterocycles. The van der Waals surface area contributed by atoms with Crippen molar-refractivity contribution in [3.05, 3.63) is 29.8 Å². The Labute approximate surface area is 121 Å². The van der Waals surface area contributed by atoms with Crippen LogP contribution in [0.5, 0.6) is 0 Å². The average molecular weight is 319 g/mol. The van der Waals surface area contributed by atoms with Gasteiger partial charge in [0.1, 0.15) is 16.5 Å². The zero-order valence-electron chi connectivity index (χ0n) is 11.3. The normalized spacial score (nSPS) is 19.4. The molecule has 1 aromatic carbocycles. The molecule has 8 heteroatoms. The first-order valence-electron chi connectivity index (χ1n) is 6.35. The zero-order chi connectivity index (χ0) is 15.8. The summed E-state index contributed by atoms with van der Waals surface area (Å²) in [6, 6.07) is 2.23. The molecular formula is C13H15F2NO4S. The lowest BCUT2D eigenvalue weighted by Crippen LogP contribution is -2.45. The van der Waals surface area contributed by atoms with Crippen molar-refractivity contribution in [3.8, 4) is 0 Å². The summed E-state index contributed by atoms with van der Waals surface area (Å²) in [5.41, 5.74) is -0.994. The fourth-order valence-corrected chi connectivity index (χ4v) is 3.77. The van der Waals surface area contributed by atoms with E-state index in [0.29, 0.717) is 6.07 Å². The van der Waals surface area contributed by atoms with E-state index in [1.807, 2.05) is 0 Å². The van der Waals surface area contributed by atoms with Gasteiger partial charge >= 0.3 is 5.97 Å². The quantitative estimate of drug-likeness (QED) is 0.922. The van der Waals surface area contributed by atoms with Gasteiger partial charge in [-0.05, 0) is 38.0 Å². The van der Waals surface area contributed by atoms with Crippen LogP contribution >= 0.6 is 0 Å². The van der Waals surface area contributed by atoms with Gasteiger partial charge in [-0.2, -0.15) is 4.31 Å². The second kappa shape index (κ2) is 5.34. The lowest BCUT2D eigenvalue weighted by atomic mass is 9.81. The molecule has 0 unspecified atom stereocenters. The van der Waals surface area contributed by atoms with E-state index in [1.54, 1.807) is 6.92 Å². The van der Waals surface area contributed by atoms with E-state index >= 15 is 0 Å². The van der Waals surface area contributed by atoms with Gasteiger partial charge in [-0.1, -0.05) is 0 Å². The summed E-state index contributed by atoms with van der Waals surface area (Å²) in [5, 5.41) is 9.11. The summed E-state index contributed by atoms with van der Waals surface area (Å²) in [6.07, 6.45) is 0.247. The molecule has 1 saturated heterocycles. The third kappa shape index (κ3) is 2.91. The maximum atomic E-state index is 13.6. The van der Waals surface area contributed by atoms with Gasteiger partial charge in [0.15, 0.2) is 0 Å². The first-order valence-corrected chi connectivity index (χ1v) is 7.79.